The van der Waals surface area contributed by atoms with Crippen LogP contribution < -0.4 is 9.80 Å². The van der Waals surface area contributed by atoms with E-state index in [0.717, 1.165) is 40.5 Å². The average Bonchev–Trinajstić information content (AvgIpc) is 3.97. The van der Waals surface area contributed by atoms with Crippen LogP contribution in [-0.4, -0.2) is 9.13 Å². The number of benzene rings is 9. The molecule has 0 N–H and O–H groups in total. The number of rotatable bonds is 8. The van der Waals surface area contributed by atoms with Crippen LogP contribution in [0.1, 0.15) is 31.4 Å². The van der Waals surface area contributed by atoms with E-state index < -0.39 is 0 Å². The zero-order chi connectivity index (χ0) is 44.6. The Balaban J connectivity index is 0.924. The Hall–Kier alpha value is -8.34. The first kappa shape index (κ1) is 39.1. The molecule has 320 valence electrons. The van der Waals surface area contributed by atoms with Crippen molar-refractivity contribution >= 4 is 89.0 Å². The van der Waals surface area contributed by atoms with Crippen LogP contribution in [0, 0.1) is 5.92 Å². The molecule has 11 aromatic rings. The number of allylic oxidation sites excluding steroid dienone is 4. The van der Waals surface area contributed by atoms with E-state index in [1.54, 1.807) is 0 Å². The summed E-state index contributed by atoms with van der Waals surface area (Å²) in [5.41, 5.74) is 18.2. The van der Waals surface area contributed by atoms with Gasteiger partial charge in [0.1, 0.15) is 0 Å². The molecular formula is C63H48N4. The second kappa shape index (κ2) is 15.4. The molecule has 9 aromatic carbocycles. The van der Waals surface area contributed by atoms with Gasteiger partial charge in [-0.2, -0.15) is 0 Å². The number of para-hydroxylation sites is 6. The van der Waals surface area contributed by atoms with Gasteiger partial charge in [-0.1, -0.05) is 147 Å². The minimum Gasteiger partial charge on any atom is -0.313 e. The van der Waals surface area contributed by atoms with Crippen molar-refractivity contribution in [3.63, 3.8) is 0 Å². The van der Waals surface area contributed by atoms with E-state index in [1.807, 2.05) is 0 Å². The highest BCUT2D eigenvalue weighted by atomic mass is 15.2. The molecule has 0 fully saturated rings. The van der Waals surface area contributed by atoms with Gasteiger partial charge in [-0.15, -0.1) is 0 Å². The van der Waals surface area contributed by atoms with E-state index in [-0.39, 0.29) is 5.41 Å². The summed E-state index contributed by atoms with van der Waals surface area (Å²) in [6, 6.07) is 81.8. The van der Waals surface area contributed by atoms with E-state index in [2.05, 4.69) is 269 Å². The van der Waals surface area contributed by atoms with Crippen LogP contribution in [0.25, 0.3) is 60.6 Å². The van der Waals surface area contributed by atoms with Crippen molar-refractivity contribution in [3.8, 4) is 5.69 Å². The number of nitrogens with zero attached hydrogens (tertiary/aromatic N) is 4. The lowest BCUT2D eigenvalue weighted by atomic mass is 9.74. The van der Waals surface area contributed by atoms with Crippen LogP contribution in [-0.2, 0) is 5.41 Å². The van der Waals surface area contributed by atoms with Gasteiger partial charge in [0.25, 0.3) is 0 Å². The van der Waals surface area contributed by atoms with Crippen LogP contribution in [0.2, 0.25) is 0 Å². The summed E-state index contributed by atoms with van der Waals surface area (Å²) in [6.45, 7) is 4.93. The first-order valence-corrected chi connectivity index (χ1v) is 23.4. The lowest BCUT2D eigenvalue weighted by molar-refractivity contribution is 0.415. The normalized spacial score (nSPS) is 15.1. The first-order valence-electron chi connectivity index (χ1n) is 23.4. The zero-order valence-electron chi connectivity index (χ0n) is 37.6. The van der Waals surface area contributed by atoms with Crippen LogP contribution in [0.5, 0.6) is 0 Å². The van der Waals surface area contributed by atoms with Crippen molar-refractivity contribution in [2.75, 3.05) is 9.80 Å². The van der Waals surface area contributed by atoms with E-state index in [4.69, 9.17) is 0 Å². The molecule has 0 bridgehead atoms. The van der Waals surface area contributed by atoms with Crippen LogP contribution in [0.15, 0.2) is 237 Å². The van der Waals surface area contributed by atoms with Crippen molar-refractivity contribution in [1.29, 1.82) is 0 Å². The van der Waals surface area contributed by atoms with E-state index >= 15 is 0 Å². The minimum atomic E-state index is -0.126. The molecule has 2 aliphatic carbocycles. The van der Waals surface area contributed by atoms with Crippen molar-refractivity contribution in [2.45, 2.75) is 25.7 Å². The lowest BCUT2D eigenvalue weighted by Crippen LogP contribution is -2.25. The largest absolute Gasteiger partial charge is 0.313 e. The number of anilines is 6. The van der Waals surface area contributed by atoms with Crippen molar-refractivity contribution in [1.82, 2.24) is 9.13 Å². The molecule has 0 spiro atoms. The summed E-state index contributed by atoms with van der Waals surface area (Å²) < 4.78 is 5.03. The summed E-state index contributed by atoms with van der Waals surface area (Å²) in [7, 11) is 0. The molecule has 13 rings (SSSR count). The molecule has 4 heteroatoms. The third-order valence-corrected chi connectivity index (χ3v) is 14.6. The monoisotopic (exact) mass is 860 g/mol. The second-order valence-corrected chi connectivity index (χ2v) is 18.6. The van der Waals surface area contributed by atoms with Gasteiger partial charge in [0.2, 0.25) is 0 Å². The molecule has 0 saturated heterocycles. The van der Waals surface area contributed by atoms with Crippen molar-refractivity contribution < 1.29 is 0 Å². The van der Waals surface area contributed by atoms with Gasteiger partial charge in [-0.25, -0.2) is 0 Å². The second-order valence-electron chi connectivity index (χ2n) is 18.6. The summed E-state index contributed by atoms with van der Waals surface area (Å²) in [4.78, 5) is 4.72. The SMILES string of the molecule is CC1(C)c2cc(-n3c4ccccc4c4ccc(N(c5ccccc5)c5ccccc5)cc43)ccc2C2=CC=C(n3c4ccccc4c4ccc(N(c5ccccc5)c5ccccc5)cc43)CC21. The predicted octanol–water partition coefficient (Wildman–Crippen LogP) is 17.1. The number of hydrogen-bond donors (Lipinski definition) is 0. The molecule has 0 radical (unpaired) electrons. The lowest BCUT2D eigenvalue weighted by Gasteiger charge is -2.32. The third-order valence-electron chi connectivity index (χ3n) is 14.6. The van der Waals surface area contributed by atoms with Crippen LogP contribution in [0.3, 0.4) is 0 Å². The van der Waals surface area contributed by atoms with E-state index in [0.29, 0.717) is 5.92 Å². The maximum Gasteiger partial charge on any atom is 0.0561 e. The maximum absolute atomic E-state index is 2.55. The molecule has 2 aliphatic rings. The van der Waals surface area contributed by atoms with Gasteiger partial charge < -0.3 is 18.9 Å². The van der Waals surface area contributed by atoms with Gasteiger partial charge >= 0.3 is 0 Å². The molecular weight excluding hydrogens is 813 g/mol. The van der Waals surface area contributed by atoms with Crippen molar-refractivity contribution in [3.05, 3.63) is 248 Å². The Labute approximate surface area is 391 Å². The summed E-state index contributed by atoms with van der Waals surface area (Å²) >= 11 is 0. The number of hydrogen-bond acceptors (Lipinski definition) is 2. The maximum atomic E-state index is 2.55. The fourth-order valence-electron chi connectivity index (χ4n) is 11.4. The highest BCUT2D eigenvalue weighted by Gasteiger charge is 2.44. The smallest absolute Gasteiger partial charge is 0.0561 e. The Morgan fingerprint density at radius 1 is 0.388 bits per heavy atom. The Morgan fingerprint density at radius 2 is 0.821 bits per heavy atom. The molecule has 0 aliphatic heterocycles. The summed E-state index contributed by atoms with van der Waals surface area (Å²) in [6.07, 6.45) is 5.75. The fourth-order valence-corrected chi connectivity index (χ4v) is 11.4. The fraction of sp³-hybridized carbons (Fsp3) is 0.0794. The first-order chi connectivity index (χ1) is 33.0. The quantitative estimate of drug-likeness (QED) is 0.151. The number of fused-ring (bicyclic) bond motifs is 9. The minimum absolute atomic E-state index is 0.126. The molecule has 4 nitrogen and oxygen atoms in total. The molecule has 0 saturated carbocycles. The van der Waals surface area contributed by atoms with Gasteiger partial charge in [-0.05, 0) is 138 Å². The zero-order valence-corrected chi connectivity index (χ0v) is 37.6. The van der Waals surface area contributed by atoms with Crippen LogP contribution >= 0.6 is 0 Å². The van der Waals surface area contributed by atoms with E-state index in [9.17, 15) is 0 Å². The Kier molecular flexibility index (Phi) is 8.97. The van der Waals surface area contributed by atoms with Gasteiger partial charge in [0.05, 0.1) is 22.1 Å². The molecule has 0 amide bonds. The molecule has 1 atom stereocenters. The van der Waals surface area contributed by atoms with Gasteiger partial charge in [0.15, 0.2) is 0 Å². The van der Waals surface area contributed by atoms with Gasteiger partial charge in [-0.3, -0.25) is 0 Å². The van der Waals surface area contributed by atoms with Crippen LogP contribution in [0.4, 0.5) is 34.1 Å². The van der Waals surface area contributed by atoms with E-state index in [1.165, 1.54) is 71.7 Å². The van der Waals surface area contributed by atoms with Crippen molar-refractivity contribution in [2.24, 2.45) is 5.92 Å². The average molecular weight is 861 g/mol. The molecule has 2 aromatic heterocycles. The highest BCUT2D eigenvalue weighted by Crippen LogP contribution is 2.56. The summed E-state index contributed by atoms with van der Waals surface area (Å²) in [5.74, 6) is 0.303. The Bertz CT molecular complexity index is 3670. The Morgan fingerprint density at radius 3 is 1.33 bits per heavy atom. The molecule has 67 heavy (non-hydrogen) atoms. The molecule has 1 unspecified atom stereocenters. The summed E-state index contributed by atoms with van der Waals surface area (Å²) in [5, 5.41) is 5.04. The topological polar surface area (TPSA) is 16.3 Å². The number of aromatic nitrogens is 2. The molecule has 2 heterocycles. The highest BCUT2D eigenvalue weighted by molar-refractivity contribution is 6.12. The standard InChI is InChI=1S/C63H48N4/c1-63(2)57-39-47(66-59-29-17-15-27-53(59)55-37-33-49(41-61(55)66)64(43-19-7-3-8-20-43)44-21-9-4-10-22-44)31-35-51(57)52-36-32-48(40-58(52)63)67-60-30-18-16-28-54(60)56-38-34-50(42-62(56)67)65(45-23-11-5-12-24-45)46-25-13-6-14-26-46/h3-39,41-42,58H,40H2,1-2H3. The van der Waals surface area contributed by atoms with Gasteiger partial charge in [0, 0.05) is 67.1 Å². The predicted molar refractivity (Wildman–Crippen MR) is 283 cm³/mol. The third kappa shape index (κ3) is 6.21.